The number of hydrogen-bond acceptors (Lipinski definition) is 5. The Hall–Kier alpha value is -1.19. The van der Waals surface area contributed by atoms with Crippen molar-refractivity contribution in [3.8, 4) is 6.07 Å². The molecule has 17 heavy (non-hydrogen) atoms. The van der Waals surface area contributed by atoms with Gasteiger partial charge in [-0.3, -0.25) is 0 Å². The SMILES string of the molecule is C[C@@H](C#N)CN(C)c1ncc2scc(Br)c2n1. The molecule has 0 amide bonds. The first-order chi connectivity index (χ1) is 8.11. The Kier molecular flexibility index (Phi) is 3.60. The summed E-state index contributed by atoms with van der Waals surface area (Å²) in [6, 6.07) is 2.20. The Labute approximate surface area is 112 Å². The van der Waals surface area contributed by atoms with Crippen LogP contribution in [0.3, 0.4) is 0 Å². The van der Waals surface area contributed by atoms with E-state index in [1.165, 1.54) is 0 Å². The average molecular weight is 311 g/mol. The largest absolute Gasteiger partial charge is 0.343 e. The summed E-state index contributed by atoms with van der Waals surface area (Å²) in [4.78, 5) is 10.7. The number of anilines is 1. The molecule has 2 aromatic heterocycles. The van der Waals surface area contributed by atoms with Crippen molar-refractivity contribution in [1.82, 2.24) is 9.97 Å². The number of nitrogens with zero attached hydrogens (tertiary/aromatic N) is 4. The van der Waals surface area contributed by atoms with Gasteiger partial charge in [-0.15, -0.1) is 11.3 Å². The number of nitriles is 1. The van der Waals surface area contributed by atoms with Gasteiger partial charge in [0.1, 0.15) is 5.52 Å². The van der Waals surface area contributed by atoms with Crippen LogP contribution in [0.1, 0.15) is 6.92 Å². The predicted octanol–water partition coefficient (Wildman–Crippen LogP) is 3.05. The molecular formula is C11H11BrN4S. The van der Waals surface area contributed by atoms with E-state index in [0.717, 1.165) is 14.7 Å². The minimum atomic E-state index is -0.0368. The van der Waals surface area contributed by atoms with E-state index in [-0.39, 0.29) is 5.92 Å². The molecule has 2 heterocycles. The number of thiophene rings is 1. The van der Waals surface area contributed by atoms with E-state index in [1.54, 1.807) is 11.3 Å². The number of aromatic nitrogens is 2. The molecule has 0 aliphatic rings. The maximum Gasteiger partial charge on any atom is 0.225 e. The predicted molar refractivity (Wildman–Crippen MR) is 73.2 cm³/mol. The van der Waals surface area contributed by atoms with E-state index in [2.05, 4.69) is 32.0 Å². The second-order valence-corrected chi connectivity index (χ2v) is 5.64. The molecule has 2 aromatic rings. The highest BCUT2D eigenvalue weighted by Gasteiger charge is 2.11. The Morgan fingerprint density at radius 3 is 3.12 bits per heavy atom. The summed E-state index contributed by atoms with van der Waals surface area (Å²) in [5.41, 5.74) is 0.927. The zero-order valence-corrected chi connectivity index (χ0v) is 11.9. The first-order valence-electron chi connectivity index (χ1n) is 5.12. The summed E-state index contributed by atoms with van der Waals surface area (Å²) in [7, 11) is 1.90. The number of fused-ring (bicyclic) bond motifs is 1. The zero-order valence-electron chi connectivity index (χ0n) is 9.51. The van der Waals surface area contributed by atoms with Crippen molar-refractivity contribution in [3.63, 3.8) is 0 Å². The van der Waals surface area contributed by atoms with Crippen molar-refractivity contribution in [1.29, 1.82) is 5.26 Å². The van der Waals surface area contributed by atoms with Crippen LogP contribution in [0.5, 0.6) is 0 Å². The third-order valence-corrected chi connectivity index (χ3v) is 4.18. The van der Waals surface area contributed by atoms with E-state index in [9.17, 15) is 0 Å². The zero-order chi connectivity index (χ0) is 12.4. The van der Waals surface area contributed by atoms with Gasteiger partial charge in [-0.2, -0.15) is 5.26 Å². The second-order valence-electron chi connectivity index (χ2n) is 3.88. The fraction of sp³-hybridized carbons (Fsp3) is 0.364. The fourth-order valence-corrected chi connectivity index (χ4v) is 2.94. The van der Waals surface area contributed by atoms with Crippen LogP contribution in [0.25, 0.3) is 10.2 Å². The van der Waals surface area contributed by atoms with E-state index in [4.69, 9.17) is 5.26 Å². The third kappa shape index (κ3) is 2.56. The quantitative estimate of drug-likeness (QED) is 0.874. The Balaban J connectivity index is 2.29. The van der Waals surface area contributed by atoms with Crippen molar-refractivity contribution < 1.29 is 0 Å². The molecule has 0 radical (unpaired) electrons. The highest BCUT2D eigenvalue weighted by atomic mass is 79.9. The van der Waals surface area contributed by atoms with E-state index in [1.807, 2.05) is 30.4 Å². The van der Waals surface area contributed by atoms with Crippen LogP contribution in [-0.4, -0.2) is 23.6 Å². The first kappa shape index (κ1) is 12.3. The molecule has 0 spiro atoms. The minimum absolute atomic E-state index is 0.0368. The topological polar surface area (TPSA) is 52.8 Å². The van der Waals surface area contributed by atoms with Crippen LogP contribution in [0.4, 0.5) is 5.95 Å². The van der Waals surface area contributed by atoms with Crippen LogP contribution in [0.15, 0.2) is 16.0 Å². The van der Waals surface area contributed by atoms with Gasteiger partial charge in [-0.1, -0.05) is 0 Å². The lowest BCUT2D eigenvalue weighted by molar-refractivity contribution is 0.704. The lowest BCUT2D eigenvalue weighted by Gasteiger charge is -2.17. The average Bonchev–Trinajstić information content (AvgIpc) is 2.70. The maximum atomic E-state index is 8.79. The normalized spacial score (nSPS) is 12.4. The molecule has 2 rings (SSSR count). The van der Waals surface area contributed by atoms with E-state index >= 15 is 0 Å². The van der Waals surface area contributed by atoms with Crippen molar-refractivity contribution in [2.45, 2.75) is 6.92 Å². The van der Waals surface area contributed by atoms with Gasteiger partial charge in [-0.05, 0) is 22.9 Å². The summed E-state index contributed by atoms with van der Waals surface area (Å²) in [5.74, 6) is 0.615. The molecule has 0 aromatic carbocycles. The summed E-state index contributed by atoms with van der Waals surface area (Å²) in [5, 5.41) is 10.8. The molecule has 0 fully saturated rings. The van der Waals surface area contributed by atoms with Crippen molar-refractivity contribution in [3.05, 3.63) is 16.0 Å². The molecular weight excluding hydrogens is 300 g/mol. The molecule has 1 atom stereocenters. The molecule has 0 saturated heterocycles. The Morgan fingerprint density at radius 1 is 1.65 bits per heavy atom. The van der Waals surface area contributed by atoms with E-state index < -0.39 is 0 Å². The standard InChI is InChI=1S/C11H11BrN4S/c1-7(3-13)5-16(2)11-14-4-9-10(15-11)8(12)6-17-9/h4,6-7H,5H2,1-2H3/t7-/m0/s1. The molecule has 0 unspecified atom stereocenters. The minimum Gasteiger partial charge on any atom is -0.343 e. The van der Waals surface area contributed by atoms with Gasteiger partial charge in [0.05, 0.1) is 27.4 Å². The third-order valence-electron chi connectivity index (χ3n) is 2.37. The van der Waals surface area contributed by atoms with Gasteiger partial charge in [0.15, 0.2) is 0 Å². The molecule has 0 N–H and O–H groups in total. The first-order valence-corrected chi connectivity index (χ1v) is 6.79. The lowest BCUT2D eigenvalue weighted by atomic mass is 10.2. The van der Waals surface area contributed by atoms with Crippen LogP contribution in [0, 0.1) is 17.2 Å². The van der Waals surface area contributed by atoms with Crippen LogP contribution >= 0.6 is 27.3 Å². The summed E-state index contributed by atoms with van der Waals surface area (Å²) >= 11 is 5.07. The van der Waals surface area contributed by atoms with Gasteiger partial charge >= 0.3 is 0 Å². The van der Waals surface area contributed by atoms with Gasteiger partial charge in [0, 0.05) is 19.0 Å². The monoisotopic (exact) mass is 310 g/mol. The molecule has 0 aliphatic heterocycles. The second kappa shape index (κ2) is 4.98. The van der Waals surface area contributed by atoms with Crippen LogP contribution in [0.2, 0.25) is 0 Å². The van der Waals surface area contributed by atoms with Crippen LogP contribution < -0.4 is 4.90 Å². The summed E-state index contributed by atoms with van der Waals surface area (Å²) < 4.78 is 2.05. The van der Waals surface area contributed by atoms with Crippen molar-refractivity contribution >= 4 is 43.4 Å². The number of halogens is 1. The van der Waals surface area contributed by atoms with Crippen molar-refractivity contribution in [2.75, 3.05) is 18.5 Å². The highest BCUT2D eigenvalue weighted by Crippen LogP contribution is 2.29. The van der Waals surface area contributed by atoms with Crippen LogP contribution in [-0.2, 0) is 0 Å². The summed E-state index contributed by atoms with van der Waals surface area (Å²) in [6.45, 7) is 2.51. The van der Waals surface area contributed by atoms with Gasteiger partial charge in [-0.25, -0.2) is 9.97 Å². The Bertz CT molecular complexity index is 574. The highest BCUT2D eigenvalue weighted by molar-refractivity contribution is 9.10. The van der Waals surface area contributed by atoms with Gasteiger partial charge in [0.25, 0.3) is 0 Å². The molecule has 0 saturated carbocycles. The summed E-state index contributed by atoms with van der Waals surface area (Å²) in [6.07, 6.45) is 1.82. The fourth-order valence-electron chi connectivity index (χ4n) is 1.51. The number of hydrogen-bond donors (Lipinski definition) is 0. The van der Waals surface area contributed by atoms with Gasteiger partial charge in [0.2, 0.25) is 5.95 Å². The van der Waals surface area contributed by atoms with E-state index in [0.29, 0.717) is 12.5 Å². The Morgan fingerprint density at radius 2 is 2.41 bits per heavy atom. The molecule has 88 valence electrons. The smallest absolute Gasteiger partial charge is 0.225 e. The lowest BCUT2D eigenvalue weighted by Crippen LogP contribution is -2.25. The molecule has 6 heteroatoms. The maximum absolute atomic E-state index is 8.79. The molecule has 0 bridgehead atoms. The molecule has 0 aliphatic carbocycles. The molecule has 4 nitrogen and oxygen atoms in total. The van der Waals surface area contributed by atoms with Gasteiger partial charge < -0.3 is 4.90 Å². The number of rotatable bonds is 3. The van der Waals surface area contributed by atoms with Crippen molar-refractivity contribution in [2.24, 2.45) is 5.92 Å².